The second-order valence-corrected chi connectivity index (χ2v) is 5.37. The summed E-state index contributed by atoms with van der Waals surface area (Å²) < 4.78 is 0. The normalized spacial score (nSPS) is 15.0. The molecule has 6 nitrogen and oxygen atoms in total. The van der Waals surface area contributed by atoms with Gasteiger partial charge in [0.1, 0.15) is 0 Å². The fourth-order valence-electron chi connectivity index (χ4n) is 2.63. The lowest BCUT2D eigenvalue weighted by molar-refractivity contribution is 0.0746. The zero-order valence-electron chi connectivity index (χ0n) is 12.5. The standard InChI is InChI=1S/C16H18N4O2/c1-12(21)13-2-4-15(5-3-13)19-6-8-20(9-7-19)16(22)14-10-17-18-11-14/h2-5,10-11H,6-9H2,1H3,(H,17,18). The van der Waals surface area contributed by atoms with E-state index in [1.54, 1.807) is 19.3 Å². The van der Waals surface area contributed by atoms with E-state index in [4.69, 9.17) is 0 Å². The monoisotopic (exact) mass is 298 g/mol. The molecule has 6 heteroatoms. The van der Waals surface area contributed by atoms with Crippen molar-refractivity contribution < 1.29 is 9.59 Å². The summed E-state index contributed by atoms with van der Waals surface area (Å²) >= 11 is 0. The number of carbonyl (C=O) groups excluding carboxylic acids is 2. The third-order valence-corrected chi connectivity index (χ3v) is 3.95. The molecule has 1 aromatic heterocycles. The summed E-state index contributed by atoms with van der Waals surface area (Å²) in [7, 11) is 0. The highest BCUT2D eigenvalue weighted by atomic mass is 16.2. The molecule has 1 N–H and O–H groups in total. The molecular formula is C16H18N4O2. The molecule has 22 heavy (non-hydrogen) atoms. The van der Waals surface area contributed by atoms with E-state index in [-0.39, 0.29) is 11.7 Å². The van der Waals surface area contributed by atoms with Crippen molar-refractivity contribution in [1.29, 1.82) is 0 Å². The lowest BCUT2D eigenvalue weighted by atomic mass is 10.1. The lowest BCUT2D eigenvalue weighted by Gasteiger charge is -2.36. The van der Waals surface area contributed by atoms with Crippen molar-refractivity contribution in [3.05, 3.63) is 47.8 Å². The van der Waals surface area contributed by atoms with Gasteiger partial charge in [0.15, 0.2) is 5.78 Å². The molecule has 1 aliphatic heterocycles. The average Bonchev–Trinajstić information content (AvgIpc) is 3.09. The molecule has 0 spiro atoms. The number of amides is 1. The van der Waals surface area contributed by atoms with Gasteiger partial charge in [0.25, 0.3) is 5.91 Å². The number of nitrogens with one attached hydrogen (secondary N) is 1. The van der Waals surface area contributed by atoms with Gasteiger partial charge in [-0.25, -0.2) is 0 Å². The van der Waals surface area contributed by atoms with Gasteiger partial charge in [0.2, 0.25) is 0 Å². The number of benzene rings is 1. The van der Waals surface area contributed by atoms with Crippen LogP contribution in [0.15, 0.2) is 36.7 Å². The molecule has 1 amide bonds. The maximum Gasteiger partial charge on any atom is 0.257 e. The fourth-order valence-corrected chi connectivity index (χ4v) is 2.63. The molecule has 1 saturated heterocycles. The number of rotatable bonds is 3. The number of Topliss-reactive ketones (excluding diaryl/α,β-unsaturated/α-hetero) is 1. The van der Waals surface area contributed by atoms with Gasteiger partial charge in [-0.15, -0.1) is 0 Å². The summed E-state index contributed by atoms with van der Waals surface area (Å²) in [5, 5.41) is 6.48. The third kappa shape index (κ3) is 2.86. The van der Waals surface area contributed by atoms with Crippen molar-refractivity contribution in [2.75, 3.05) is 31.1 Å². The van der Waals surface area contributed by atoms with Crippen LogP contribution in [0.1, 0.15) is 27.6 Å². The average molecular weight is 298 g/mol. The molecule has 1 fully saturated rings. The van der Waals surface area contributed by atoms with Crippen LogP contribution in [-0.2, 0) is 0 Å². The van der Waals surface area contributed by atoms with Crippen LogP contribution in [0.25, 0.3) is 0 Å². The summed E-state index contributed by atoms with van der Waals surface area (Å²) in [6, 6.07) is 7.62. The summed E-state index contributed by atoms with van der Waals surface area (Å²) in [5.74, 6) is 0.0856. The molecule has 114 valence electrons. The second-order valence-electron chi connectivity index (χ2n) is 5.37. The largest absolute Gasteiger partial charge is 0.368 e. The maximum atomic E-state index is 12.2. The quantitative estimate of drug-likeness (QED) is 0.873. The highest BCUT2D eigenvalue weighted by Gasteiger charge is 2.22. The van der Waals surface area contributed by atoms with Crippen LogP contribution in [0, 0.1) is 0 Å². The molecule has 1 aromatic carbocycles. The minimum Gasteiger partial charge on any atom is -0.368 e. The molecule has 0 atom stereocenters. The molecule has 0 radical (unpaired) electrons. The Hall–Kier alpha value is -2.63. The van der Waals surface area contributed by atoms with E-state index in [2.05, 4.69) is 15.1 Å². The third-order valence-electron chi connectivity index (χ3n) is 3.95. The summed E-state index contributed by atoms with van der Waals surface area (Å²) in [6.45, 7) is 4.48. The molecule has 1 aliphatic rings. The zero-order chi connectivity index (χ0) is 15.5. The van der Waals surface area contributed by atoms with Crippen molar-refractivity contribution in [3.63, 3.8) is 0 Å². The van der Waals surface area contributed by atoms with Crippen molar-refractivity contribution in [2.24, 2.45) is 0 Å². The van der Waals surface area contributed by atoms with Gasteiger partial charge in [0, 0.05) is 43.6 Å². The summed E-state index contributed by atoms with van der Waals surface area (Å²) in [6.07, 6.45) is 3.17. The Labute approximate surface area is 128 Å². The van der Waals surface area contributed by atoms with E-state index in [1.807, 2.05) is 29.2 Å². The Morgan fingerprint density at radius 1 is 1.05 bits per heavy atom. The Kier molecular flexibility index (Phi) is 3.91. The van der Waals surface area contributed by atoms with Crippen molar-refractivity contribution in [3.8, 4) is 0 Å². The van der Waals surface area contributed by atoms with Crippen LogP contribution < -0.4 is 4.90 Å². The first-order chi connectivity index (χ1) is 10.6. The topological polar surface area (TPSA) is 69.3 Å². The number of aromatic amines is 1. The van der Waals surface area contributed by atoms with Crippen LogP contribution >= 0.6 is 0 Å². The van der Waals surface area contributed by atoms with Gasteiger partial charge in [-0.2, -0.15) is 5.10 Å². The van der Waals surface area contributed by atoms with Gasteiger partial charge in [-0.05, 0) is 31.2 Å². The SMILES string of the molecule is CC(=O)c1ccc(N2CCN(C(=O)c3cn[nH]c3)CC2)cc1. The highest BCUT2D eigenvalue weighted by Crippen LogP contribution is 2.18. The van der Waals surface area contributed by atoms with Crippen molar-refractivity contribution in [2.45, 2.75) is 6.92 Å². The number of anilines is 1. The number of aromatic nitrogens is 2. The smallest absolute Gasteiger partial charge is 0.257 e. The van der Waals surface area contributed by atoms with Crippen molar-refractivity contribution in [1.82, 2.24) is 15.1 Å². The van der Waals surface area contributed by atoms with Crippen LogP contribution in [0.2, 0.25) is 0 Å². The number of hydrogen-bond donors (Lipinski definition) is 1. The molecule has 0 aliphatic carbocycles. The lowest BCUT2D eigenvalue weighted by Crippen LogP contribution is -2.48. The summed E-state index contributed by atoms with van der Waals surface area (Å²) in [5.41, 5.74) is 2.40. The fraction of sp³-hybridized carbons (Fsp3) is 0.312. The Morgan fingerprint density at radius 2 is 1.73 bits per heavy atom. The Balaban J connectivity index is 1.62. The molecular weight excluding hydrogens is 280 g/mol. The Bertz CT molecular complexity index is 656. The molecule has 0 bridgehead atoms. The predicted octanol–water partition coefficient (Wildman–Crippen LogP) is 1.57. The van der Waals surface area contributed by atoms with E-state index in [0.29, 0.717) is 18.7 Å². The minimum atomic E-state index is 0.0142. The maximum absolute atomic E-state index is 12.2. The van der Waals surface area contributed by atoms with Gasteiger partial charge >= 0.3 is 0 Å². The van der Waals surface area contributed by atoms with Gasteiger partial charge < -0.3 is 9.80 Å². The van der Waals surface area contributed by atoms with Crippen LogP contribution in [0.5, 0.6) is 0 Å². The molecule has 2 aromatic rings. The van der Waals surface area contributed by atoms with Crippen molar-refractivity contribution >= 4 is 17.4 Å². The summed E-state index contributed by atoms with van der Waals surface area (Å²) in [4.78, 5) is 27.6. The highest BCUT2D eigenvalue weighted by molar-refractivity contribution is 5.94. The van der Waals surface area contributed by atoms with E-state index >= 15 is 0 Å². The van der Waals surface area contributed by atoms with Crippen LogP contribution in [-0.4, -0.2) is 53.0 Å². The van der Waals surface area contributed by atoms with Gasteiger partial charge in [-0.1, -0.05) is 0 Å². The number of H-pyrrole nitrogens is 1. The van der Waals surface area contributed by atoms with E-state index in [0.717, 1.165) is 24.3 Å². The number of hydrogen-bond acceptors (Lipinski definition) is 4. The number of piperazine rings is 1. The van der Waals surface area contributed by atoms with E-state index in [1.165, 1.54) is 0 Å². The second kappa shape index (κ2) is 6.01. The van der Waals surface area contributed by atoms with Crippen LogP contribution in [0.4, 0.5) is 5.69 Å². The first-order valence-electron chi connectivity index (χ1n) is 7.29. The van der Waals surface area contributed by atoms with E-state index in [9.17, 15) is 9.59 Å². The predicted molar refractivity (Wildman–Crippen MR) is 83.2 cm³/mol. The number of nitrogens with zero attached hydrogens (tertiary/aromatic N) is 3. The molecule has 2 heterocycles. The Morgan fingerprint density at radius 3 is 2.27 bits per heavy atom. The molecule has 3 rings (SSSR count). The van der Waals surface area contributed by atoms with Gasteiger partial charge in [-0.3, -0.25) is 14.7 Å². The first kappa shape index (κ1) is 14.3. The van der Waals surface area contributed by atoms with Gasteiger partial charge in [0.05, 0.1) is 11.8 Å². The zero-order valence-corrected chi connectivity index (χ0v) is 12.5. The minimum absolute atomic E-state index is 0.0142. The van der Waals surface area contributed by atoms with E-state index < -0.39 is 0 Å². The first-order valence-corrected chi connectivity index (χ1v) is 7.29. The van der Waals surface area contributed by atoms with Crippen LogP contribution in [0.3, 0.4) is 0 Å². The molecule has 0 saturated carbocycles. The number of ketones is 1. The molecule has 0 unspecified atom stereocenters. The number of carbonyl (C=O) groups is 2.